The summed E-state index contributed by atoms with van der Waals surface area (Å²) in [6.45, 7) is 2.23. The van der Waals surface area contributed by atoms with E-state index in [9.17, 15) is 14.9 Å². The maximum atomic E-state index is 12.8. The van der Waals surface area contributed by atoms with Crippen molar-refractivity contribution in [3.8, 4) is 0 Å². The molecule has 0 unspecified atom stereocenters. The molecule has 0 bridgehead atoms. The zero-order chi connectivity index (χ0) is 19.2. The fourth-order valence-electron chi connectivity index (χ4n) is 2.63. The fraction of sp³-hybridized carbons (Fsp3) is 0.0952. The molecule has 27 heavy (non-hydrogen) atoms. The highest BCUT2D eigenvalue weighted by atomic mass is 16.6. The SMILES string of the molecule is Cc1ccc(N(Cc2ccco2)C(=O)/C=C/c2ccccc2[N+](=O)[O-])cc1. The second-order valence-electron chi connectivity index (χ2n) is 5.99. The van der Waals surface area contributed by atoms with Gasteiger partial charge in [-0.1, -0.05) is 29.8 Å². The van der Waals surface area contributed by atoms with E-state index in [1.165, 1.54) is 18.2 Å². The molecule has 0 aliphatic carbocycles. The molecule has 2 aromatic carbocycles. The van der Waals surface area contributed by atoms with Crippen LogP contribution in [0.1, 0.15) is 16.9 Å². The van der Waals surface area contributed by atoms with Crippen LogP contribution < -0.4 is 4.90 Å². The first-order chi connectivity index (χ1) is 13.0. The van der Waals surface area contributed by atoms with Crippen molar-refractivity contribution >= 4 is 23.4 Å². The lowest BCUT2D eigenvalue weighted by atomic mass is 10.1. The van der Waals surface area contributed by atoms with Crippen LogP contribution in [0.25, 0.3) is 6.08 Å². The van der Waals surface area contributed by atoms with Gasteiger partial charge in [0.1, 0.15) is 5.76 Å². The van der Waals surface area contributed by atoms with Gasteiger partial charge in [-0.2, -0.15) is 0 Å². The second-order valence-corrected chi connectivity index (χ2v) is 5.99. The summed E-state index contributed by atoms with van der Waals surface area (Å²) in [5, 5.41) is 11.1. The van der Waals surface area contributed by atoms with Crippen LogP contribution in [0.3, 0.4) is 0 Å². The fourth-order valence-corrected chi connectivity index (χ4v) is 2.63. The van der Waals surface area contributed by atoms with Gasteiger partial charge in [0.05, 0.1) is 23.3 Å². The summed E-state index contributed by atoms with van der Waals surface area (Å²) >= 11 is 0. The molecule has 0 radical (unpaired) electrons. The van der Waals surface area contributed by atoms with Crippen molar-refractivity contribution in [1.29, 1.82) is 0 Å². The molecule has 0 N–H and O–H groups in total. The van der Waals surface area contributed by atoms with Crippen LogP contribution in [0.15, 0.2) is 77.4 Å². The topological polar surface area (TPSA) is 76.6 Å². The summed E-state index contributed by atoms with van der Waals surface area (Å²) < 4.78 is 5.37. The average Bonchev–Trinajstić information content (AvgIpc) is 3.18. The Labute approximate surface area is 156 Å². The van der Waals surface area contributed by atoms with Gasteiger partial charge in [0.15, 0.2) is 0 Å². The number of carbonyl (C=O) groups excluding carboxylic acids is 1. The number of para-hydroxylation sites is 1. The molecule has 3 aromatic rings. The third kappa shape index (κ3) is 4.49. The highest BCUT2D eigenvalue weighted by Crippen LogP contribution is 2.22. The van der Waals surface area contributed by atoms with Crippen LogP contribution >= 0.6 is 0 Å². The molecule has 0 aliphatic rings. The molecule has 1 amide bonds. The average molecular weight is 362 g/mol. The van der Waals surface area contributed by atoms with E-state index in [1.807, 2.05) is 31.2 Å². The number of nitro benzene ring substituents is 1. The summed E-state index contributed by atoms with van der Waals surface area (Å²) in [7, 11) is 0. The summed E-state index contributed by atoms with van der Waals surface area (Å²) in [5.41, 5.74) is 2.13. The normalized spacial score (nSPS) is 10.9. The van der Waals surface area contributed by atoms with E-state index in [4.69, 9.17) is 4.42 Å². The lowest BCUT2D eigenvalue weighted by molar-refractivity contribution is -0.385. The predicted octanol–water partition coefficient (Wildman–Crippen LogP) is 4.74. The first kappa shape index (κ1) is 18.1. The summed E-state index contributed by atoms with van der Waals surface area (Å²) in [5.74, 6) is 0.344. The first-order valence-corrected chi connectivity index (χ1v) is 8.36. The molecular weight excluding hydrogens is 344 g/mol. The number of hydrogen-bond acceptors (Lipinski definition) is 4. The van der Waals surface area contributed by atoms with E-state index in [0.717, 1.165) is 5.56 Å². The molecule has 6 nitrogen and oxygen atoms in total. The van der Waals surface area contributed by atoms with Gasteiger partial charge < -0.3 is 9.32 Å². The second kappa shape index (κ2) is 8.14. The van der Waals surface area contributed by atoms with Gasteiger partial charge in [-0.15, -0.1) is 0 Å². The molecule has 0 saturated carbocycles. The maximum Gasteiger partial charge on any atom is 0.276 e. The number of hydrogen-bond donors (Lipinski definition) is 0. The minimum atomic E-state index is -0.468. The van der Waals surface area contributed by atoms with Gasteiger partial charge in [0.25, 0.3) is 11.6 Å². The molecule has 136 valence electrons. The Bertz CT molecular complexity index is 960. The van der Waals surface area contributed by atoms with Crippen LogP contribution in [0.5, 0.6) is 0 Å². The molecule has 3 rings (SSSR count). The van der Waals surface area contributed by atoms with Gasteiger partial charge in [0, 0.05) is 17.8 Å². The molecule has 0 atom stereocenters. The monoisotopic (exact) mass is 362 g/mol. The number of amides is 1. The van der Waals surface area contributed by atoms with Gasteiger partial charge in [0.2, 0.25) is 0 Å². The largest absolute Gasteiger partial charge is 0.467 e. The number of furan rings is 1. The molecule has 6 heteroatoms. The van der Waals surface area contributed by atoms with Crippen LogP contribution in [-0.2, 0) is 11.3 Å². The first-order valence-electron chi connectivity index (χ1n) is 8.36. The Balaban J connectivity index is 1.89. The van der Waals surface area contributed by atoms with Crippen molar-refractivity contribution in [2.24, 2.45) is 0 Å². The van der Waals surface area contributed by atoms with Crippen molar-refractivity contribution in [1.82, 2.24) is 0 Å². The van der Waals surface area contributed by atoms with Crippen molar-refractivity contribution < 1.29 is 14.1 Å². The molecule has 0 fully saturated rings. The molecule has 0 saturated heterocycles. The summed E-state index contributed by atoms with van der Waals surface area (Å²) in [6.07, 6.45) is 4.35. The molecular formula is C21H18N2O4. The number of aryl methyl sites for hydroxylation is 1. The van der Waals surface area contributed by atoms with Gasteiger partial charge >= 0.3 is 0 Å². The van der Waals surface area contributed by atoms with E-state index >= 15 is 0 Å². The third-order valence-corrected chi connectivity index (χ3v) is 4.04. The Hall–Kier alpha value is -3.67. The Kier molecular flexibility index (Phi) is 5.47. The number of carbonyl (C=O) groups is 1. The molecule has 1 aromatic heterocycles. The van der Waals surface area contributed by atoms with Crippen LogP contribution in [0, 0.1) is 17.0 Å². The van der Waals surface area contributed by atoms with Crippen molar-refractivity contribution in [3.05, 3.63) is 100 Å². The standard InChI is InChI=1S/C21H18N2O4/c1-16-8-11-18(12-9-16)22(15-19-6-4-14-27-19)21(24)13-10-17-5-2-3-7-20(17)23(25)26/h2-14H,15H2,1H3/b13-10+. The minimum absolute atomic E-state index is 0.0468. The molecule has 0 aliphatic heterocycles. The maximum absolute atomic E-state index is 12.8. The van der Waals surface area contributed by atoms with Gasteiger partial charge in [-0.25, -0.2) is 0 Å². The zero-order valence-corrected chi connectivity index (χ0v) is 14.7. The van der Waals surface area contributed by atoms with Crippen LogP contribution in [-0.4, -0.2) is 10.8 Å². The highest BCUT2D eigenvalue weighted by Gasteiger charge is 2.16. The summed E-state index contributed by atoms with van der Waals surface area (Å²) in [6, 6.07) is 17.4. The predicted molar refractivity (Wildman–Crippen MR) is 103 cm³/mol. The van der Waals surface area contributed by atoms with E-state index in [2.05, 4.69) is 0 Å². The number of rotatable bonds is 6. The lowest BCUT2D eigenvalue weighted by Gasteiger charge is -2.20. The smallest absolute Gasteiger partial charge is 0.276 e. The number of benzene rings is 2. The Morgan fingerprint density at radius 2 is 1.85 bits per heavy atom. The van der Waals surface area contributed by atoms with E-state index < -0.39 is 4.92 Å². The number of nitro groups is 1. The Morgan fingerprint density at radius 3 is 2.52 bits per heavy atom. The van der Waals surface area contributed by atoms with E-state index in [-0.39, 0.29) is 18.1 Å². The summed E-state index contributed by atoms with van der Waals surface area (Å²) in [4.78, 5) is 25.1. The van der Waals surface area contributed by atoms with E-state index in [0.29, 0.717) is 17.0 Å². The van der Waals surface area contributed by atoms with Crippen molar-refractivity contribution in [2.75, 3.05) is 4.90 Å². The molecule has 1 heterocycles. The van der Waals surface area contributed by atoms with E-state index in [1.54, 1.807) is 41.5 Å². The highest BCUT2D eigenvalue weighted by molar-refractivity contribution is 6.04. The third-order valence-electron chi connectivity index (χ3n) is 4.04. The van der Waals surface area contributed by atoms with Crippen LogP contribution in [0.4, 0.5) is 11.4 Å². The van der Waals surface area contributed by atoms with Gasteiger partial charge in [-0.05, 0) is 43.3 Å². The van der Waals surface area contributed by atoms with Gasteiger partial charge in [-0.3, -0.25) is 14.9 Å². The van der Waals surface area contributed by atoms with Crippen LogP contribution in [0.2, 0.25) is 0 Å². The zero-order valence-electron chi connectivity index (χ0n) is 14.7. The Morgan fingerprint density at radius 1 is 1.11 bits per heavy atom. The number of anilines is 1. The lowest BCUT2D eigenvalue weighted by Crippen LogP contribution is -2.28. The number of nitrogens with zero attached hydrogens (tertiary/aromatic N) is 2. The van der Waals surface area contributed by atoms with Crippen molar-refractivity contribution in [2.45, 2.75) is 13.5 Å². The molecule has 0 spiro atoms. The quantitative estimate of drug-likeness (QED) is 0.360. The minimum Gasteiger partial charge on any atom is -0.467 e. The van der Waals surface area contributed by atoms with Crippen molar-refractivity contribution in [3.63, 3.8) is 0 Å².